The summed E-state index contributed by atoms with van der Waals surface area (Å²) in [5.41, 5.74) is 4.03. The Bertz CT molecular complexity index is 1000. The van der Waals surface area contributed by atoms with E-state index in [1.165, 1.54) is 0 Å². The van der Waals surface area contributed by atoms with E-state index in [0.29, 0.717) is 4.91 Å². The van der Waals surface area contributed by atoms with Gasteiger partial charge in [0.25, 0.3) is 11.1 Å². The molecule has 3 heterocycles. The monoisotopic (exact) mass is 355 g/mol. The number of amides is 2. The topological polar surface area (TPSA) is 74.8 Å². The van der Waals surface area contributed by atoms with Crippen molar-refractivity contribution in [3.8, 4) is 0 Å². The summed E-state index contributed by atoms with van der Waals surface area (Å²) >= 11 is 2.57. The summed E-state index contributed by atoms with van der Waals surface area (Å²) in [7, 11) is 0. The lowest BCUT2D eigenvalue weighted by molar-refractivity contribution is -0.115. The van der Waals surface area contributed by atoms with Crippen LogP contribution in [0.15, 0.2) is 34.6 Å². The van der Waals surface area contributed by atoms with Crippen molar-refractivity contribution in [3.05, 3.63) is 56.5 Å². The number of imide groups is 1. The van der Waals surface area contributed by atoms with Crippen LogP contribution in [0, 0.1) is 6.92 Å². The normalized spacial score (nSPS) is 16.3. The zero-order chi connectivity index (χ0) is 16.7. The second kappa shape index (κ2) is 5.92. The second-order valence-electron chi connectivity index (χ2n) is 5.49. The van der Waals surface area contributed by atoms with E-state index in [1.54, 1.807) is 17.4 Å². The van der Waals surface area contributed by atoms with Crippen LogP contribution in [0.5, 0.6) is 0 Å². The van der Waals surface area contributed by atoms with Gasteiger partial charge in [-0.3, -0.25) is 14.9 Å². The Hall–Kier alpha value is -2.38. The third-order valence-corrected chi connectivity index (χ3v) is 5.35. The lowest BCUT2D eigenvalue weighted by atomic mass is 10.1. The molecule has 0 unspecified atom stereocenters. The van der Waals surface area contributed by atoms with Crippen LogP contribution in [-0.2, 0) is 11.2 Å². The summed E-state index contributed by atoms with van der Waals surface area (Å²) < 4.78 is 0. The minimum atomic E-state index is -0.337. The molecule has 0 bridgehead atoms. The third-order valence-electron chi connectivity index (χ3n) is 3.72. The van der Waals surface area contributed by atoms with Crippen molar-refractivity contribution in [2.75, 3.05) is 0 Å². The third kappa shape index (κ3) is 2.88. The van der Waals surface area contributed by atoms with E-state index in [1.807, 2.05) is 25.1 Å². The van der Waals surface area contributed by atoms with Gasteiger partial charge in [0, 0.05) is 28.4 Å². The minimum absolute atomic E-state index is 0.327. The fourth-order valence-electron chi connectivity index (χ4n) is 2.70. The molecule has 1 aliphatic heterocycles. The van der Waals surface area contributed by atoms with Crippen LogP contribution < -0.4 is 5.32 Å². The summed E-state index contributed by atoms with van der Waals surface area (Å²) in [6.07, 6.45) is 2.50. The van der Waals surface area contributed by atoms with Crippen molar-refractivity contribution >= 4 is 51.2 Å². The zero-order valence-electron chi connectivity index (χ0n) is 12.8. The number of H-pyrrole nitrogens is 1. The summed E-state index contributed by atoms with van der Waals surface area (Å²) in [4.78, 5) is 31.4. The van der Waals surface area contributed by atoms with E-state index in [9.17, 15) is 9.59 Å². The number of hydrogen-bond acceptors (Lipinski definition) is 5. The highest BCUT2D eigenvalue weighted by Crippen LogP contribution is 2.29. The van der Waals surface area contributed by atoms with Crippen LogP contribution in [0.25, 0.3) is 17.0 Å². The van der Waals surface area contributed by atoms with Gasteiger partial charge in [-0.05, 0) is 42.5 Å². The number of nitrogens with one attached hydrogen (secondary N) is 2. The van der Waals surface area contributed by atoms with E-state index >= 15 is 0 Å². The summed E-state index contributed by atoms with van der Waals surface area (Å²) in [5.74, 6) is -0.337. The first-order valence-electron chi connectivity index (χ1n) is 7.35. The summed E-state index contributed by atoms with van der Waals surface area (Å²) in [5, 5.41) is 6.10. The van der Waals surface area contributed by atoms with Gasteiger partial charge in [0.2, 0.25) is 0 Å². The Morgan fingerprint density at radius 3 is 2.88 bits per heavy atom. The van der Waals surface area contributed by atoms with Gasteiger partial charge >= 0.3 is 0 Å². The minimum Gasteiger partial charge on any atom is -0.358 e. The largest absolute Gasteiger partial charge is 0.358 e. The second-order valence-corrected chi connectivity index (χ2v) is 7.57. The Balaban J connectivity index is 1.71. The maximum absolute atomic E-state index is 11.7. The molecular weight excluding hydrogens is 342 g/mol. The molecule has 1 fully saturated rings. The number of rotatable bonds is 3. The van der Waals surface area contributed by atoms with Crippen molar-refractivity contribution in [3.63, 3.8) is 0 Å². The number of carbonyl (C=O) groups is 2. The van der Waals surface area contributed by atoms with Crippen molar-refractivity contribution < 1.29 is 9.59 Å². The Morgan fingerprint density at radius 2 is 2.17 bits per heavy atom. The first-order valence-corrected chi connectivity index (χ1v) is 9.04. The van der Waals surface area contributed by atoms with Crippen LogP contribution in [0.1, 0.15) is 22.0 Å². The quantitative estimate of drug-likeness (QED) is 0.700. The Labute approximate surface area is 146 Å². The first-order chi connectivity index (χ1) is 11.6. The van der Waals surface area contributed by atoms with E-state index in [2.05, 4.69) is 26.7 Å². The van der Waals surface area contributed by atoms with Gasteiger partial charge < -0.3 is 4.98 Å². The molecule has 0 aliphatic carbocycles. The van der Waals surface area contributed by atoms with E-state index < -0.39 is 0 Å². The highest BCUT2D eigenvalue weighted by Gasteiger charge is 2.25. The molecule has 24 heavy (non-hydrogen) atoms. The number of fused-ring (bicyclic) bond motifs is 1. The van der Waals surface area contributed by atoms with Crippen molar-refractivity contribution in [2.45, 2.75) is 13.3 Å². The molecule has 4 rings (SSSR count). The van der Waals surface area contributed by atoms with Gasteiger partial charge in [-0.15, -0.1) is 11.3 Å². The van der Waals surface area contributed by atoms with E-state index in [4.69, 9.17) is 0 Å². The molecule has 2 aromatic heterocycles. The molecule has 0 spiro atoms. The van der Waals surface area contributed by atoms with Gasteiger partial charge in [0.15, 0.2) is 0 Å². The van der Waals surface area contributed by atoms with Crippen LogP contribution >= 0.6 is 23.1 Å². The van der Waals surface area contributed by atoms with Crippen molar-refractivity contribution in [2.24, 2.45) is 0 Å². The van der Waals surface area contributed by atoms with Crippen molar-refractivity contribution in [1.29, 1.82) is 0 Å². The Morgan fingerprint density at radius 1 is 1.29 bits per heavy atom. The molecule has 0 atom stereocenters. The molecule has 1 aromatic carbocycles. The highest BCUT2D eigenvalue weighted by atomic mass is 32.2. The fourth-order valence-corrected chi connectivity index (χ4v) is 3.99. The maximum atomic E-state index is 11.7. The van der Waals surface area contributed by atoms with Gasteiger partial charge in [0.05, 0.1) is 15.6 Å². The lowest BCUT2D eigenvalue weighted by Crippen LogP contribution is -2.17. The predicted molar refractivity (Wildman–Crippen MR) is 97.1 cm³/mol. The van der Waals surface area contributed by atoms with E-state index in [0.717, 1.165) is 51.0 Å². The first kappa shape index (κ1) is 15.2. The van der Waals surface area contributed by atoms with Crippen molar-refractivity contribution in [1.82, 2.24) is 15.3 Å². The zero-order valence-corrected chi connectivity index (χ0v) is 14.4. The molecule has 2 N–H and O–H groups in total. The van der Waals surface area contributed by atoms with Gasteiger partial charge in [0.1, 0.15) is 0 Å². The molecule has 1 saturated heterocycles. The number of aromatic nitrogens is 2. The predicted octanol–water partition coefficient (Wildman–Crippen LogP) is 3.85. The van der Waals surface area contributed by atoms with Crippen LogP contribution in [0.3, 0.4) is 0 Å². The lowest BCUT2D eigenvalue weighted by Gasteiger charge is -1.97. The molecule has 3 aromatic rings. The summed E-state index contributed by atoms with van der Waals surface area (Å²) in [6, 6.07) is 7.95. The number of aromatic amines is 1. The molecule has 2 amide bonds. The average Bonchev–Trinajstić information content (AvgIpc) is 3.20. The van der Waals surface area contributed by atoms with Crippen LogP contribution in [0.4, 0.5) is 4.79 Å². The molecule has 7 heteroatoms. The van der Waals surface area contributed by atoms with Crippen LogP contribution in [-0.4, -0.2) is 21.1 Å². The number of thiazole rings is 1. The number of nitrogens with zero attached hydrogens (tertiary/aromatic N) is 1. The summed E-state index contributed by atoms with van der Waals surface area (Å²) in [6.45, 7) is 2.00. The van der Waals surface area contributed by atoms with E-state index in [-0.39, 0.29) is 11.1 Å². The SMILES string of the molecule is Cc1nc(Cc2cc3c(C=C4SC(=O)NC4=O)cccc3[nH]2)cs1. The number of aryl methyl sites for hydroxylation is 1. The molecule has 0 radical (unpaired) electrons. The fraction of sp³-hybridized carbons (Fsp3) is 0.118. The molecule has 120 valence electrons. The molecular formula is C17H13N3O2S2. The van der Waals surface area contributed by atoms with Gasteiger partial charge in [-0.2, -0.15) is 0 Å². The van der Waals surface area contributed by atoms with Crippen LogP contribution in [0.2, 0.25) is 0 Å². The Kier molecular flexibility index (Phi) is 3.74. The average molecular weight is 355 g/mol. The number of benzene rings is 1. The highest BCUT2D eigenvalue weighted by molar-refractivity contribution is 8.18. The maximum Gasteiger partial charge on any atom is 0.290 e. The van der Waals surface area contributed by atoms with Gasteiger partial charge in [-0.25, -0.2) is 4.98 Å². The smallest absolute Gasteiger partial charge is 0.290 e. The molecule has 1 aliphatic rings. The van der Waals surface area contributed by atoms with Gasteiger partial charge in [-0.1, -0.05) is 12.1 Å². The number of hydrogen-bond donors (Lipinski definition) is 2. The number of thioether (sulfide) groups is 1. The number of carbonyl (C=O) groups excluding carboxylic acids is 2. The molecule has 5 nitrogen and oxygen atoms in total. The molecule has 0 saturated carbocycles. The standard InChI is InChI=1S/C17H13N3O2S2/c1-9-18-12(8-23-9)6-11-7-13-10(3-2-4-14(13)19-11)5-15-16(21)20-17(22)24-15/h2-5,7-8,19H,6H2,1H3,(H,20,21,22).